The molecule has 0 saturated carbocycles. The molecule has 0 spiro atoms. The number of rotatable bonds is 11. The first-order chi connectivity index (χ1) is 34.5. The Balaban J connectivity index is 0.000000159. The lowest BCUT2D eigenvalue weighted by atomic mass is 9.88. The van der Waals surface area contributed by atoms with Gasteiger partial charge in [0.15, 0.2) is 0 Å². The van der Waals surface area contributed by atoms with Crippen LogP contribution in [0.2, 0.25) is 0 Å². The maximum Gasteiger partial charge on any atom is 0.271 e. The van der Waals surface area contributed by atoms with Gasteiger partial charge in [-0.1, -0.05) is 72.8 Å². The zero-order valence-corrected chi connectivity index (χ0v) is 40.9. The second-order valence-corrected chi connectivity index (χ2v) is 18.4. The Morgan fingerprint density at radius 3 is 1.46 bits per heavy atom. The summed E-state index contributed by atoms with van der Waals surface area (Å²) in [6.07, 6.45) is 6.05. The van der Waals surface area contributed by atoms with Crippen LogP contribution in [0.1, 0.15) is 91.6 Å². The van der Waals surface area contributed by atoms with Gasteiger partial charge in [-0.3, -0.25) is 34.7 Å². The van der Waals surface area contributed by atoms with E-state index in [4.69, 9.17) is 21.1 Å². The van der Waals surface area contributed by atoms with Crippen molar-refractivity contribution in [2.24, 2.45) is 0 Å². The highest BCUT2D eigenvalue weighted by Gasteiger charge is 2.30. The molecular weight excluding hydrogens is 920 g/mol. The molecule has 2 saturated heterocycles. The molecule has 15 heteroatoms. The van der Waals surface area contributed by atoms with E-state index in [-0.39, 0.29) is 23.2 Å². The van der Waals surface area contributed by atoms with Crippen LogP contribution in [-0.4, -0.2) is 80.0 Å². The number of nitrogens with one attached hydrogen (secondary N) is 1. The number of non-ortho nitro benzene ring substituents is 2. The third kappa shape index (κ3) is 12.1. The normalized spacial score (nSPS) is 15.6. The van der Waals surface area contributed by atoms with Crippen molar-refractivity contribution in [3.05, 3.63) is 198 Å². The lowest BCUT2D eigenvalue weighted by Gasteiger charge is -2.32. The smallest absolute Gasteiger partial charge is 0.271 e. The summed E-state index contributed by atoms with van der Waals surface area (Å²) in [5.41, 5.74) is 9.13. The highest BCUT2D eigenvalue weighted by Crippen LogP contribution is 2.37. The van der Waals surface area contributed by atoms with Crippen molar-refractivity contribution in [2.75, 3.05) is 63.3 Å². The van der Waals surface area contributed by atoms with Gasteiger partial charge in [0, 0.05) is 60.9 Å². The minimum Gasteiger partial charge on any atom is -0.496 e. The second-order valence-electron chi connectivity index (χ2n) is 18.1. The zero-order valence-electron chi connectivity index (χ0n) is 40.1. The van der Waals surface area contributed by atoms with Gasteiger partial charge in [0.1, 0.15) is 11.5 Å². The van der Waals surface area contributed by atoms with Crippen LogP contribution in [-0.2, 0) is 25.3 Å². The van der Waals surface area contributed by atoms with Crippen LogP contribution in [0.25, 0.3) is 0 Å². The molecule has 368 valence electrons. The molecule has 0 radical (unpaired) electrons. The monoisotopic (exact) mass is 978 g/mol. The van der Waals surface area contributed by atoms with Crippen LogP contribution >= 0.6 is 11.6 Å². The Bertz CT molecular complexity index is 2830. The number of hydrogen-bond acceptors (Lipinski definition) is 10. The number of nitro benzene ring substituents is 2. The molecule has 0 bridgehead atoms. The first kappa shape index (κ1) is 50.3. The molecule has 6 aromatic rings. The SMILES string of the molecule is COc1ccccc1C1CCN(Cc2ccc(C(=O)N3CCc4ccc([N+](=O)[O-])cc43)cc2)CC1.COc1ccccc1C1CCNCC1.O=C(c1ccc(CCl)cc1)N1CCc2ccc([N+](=O)[O-])cc21. The molecule has 4 heterocycles. The van der Waals surface area contributed by atoms with E-state index in [1.54, 1.807) is 48.3 Å². The lowest BCUT2D eigenvalue weighted by Crippen LogP contribution is -2.32. The standard InChI is InChI=1S/C28H29N3O4.C16H13ClN2O3.C12H17NO/c1-35-27-5-3-2-4-25(27)21-12-15-29(16-13-21)19-20-6-8-23(9-7-20)28(32)30-17-14-22-10-11-24(31(33)34)18-26(22)30;17-10-11-1-3-13(4-2-11)16(20)18-8-7-12-5-6-14(19(21)22)9-15(12)18;1-14-12-5-3-2-4-11(12)10-6-8-13-9-7-10/h2-11,18,21H,12-17,19H2,1H3;1-6,9H,7-8,10H2;2-5,10,13H,6-9H2,1H3. The Hall–Kier alpha value is -7.13. The molecule has 2 fully saturated rings. The first-order valence-corrected chi connectivity index (χ1v) is 24.7. The number of anilines is 2. The van der Waals surface area contributed by atoms with E-state index < -0.39 is 9.85 Å². The van der Waals surface area contributed by atoms with Gasteiger partial charge >= 0.3 is 0 Å². The quantitative estimate of drug-likeness (QED) is 0.0752. The Morgan fingerprint density at radius 2 is 1.03 bits per heavy atom. The number of carbonyl (C=O) groups is 2. The molecule has 10 rings (SSSR count). The highest BCUT2D eigenvalue weighted by atomic mass is 35.5. The number of alkyl halides is 1. The summed E-state index contributed by atoms with van der Waals surface area (Å²) in [6, 6.07) is 40.9. The van der Waals surface area contributed by atoms with Crippen molar-refractivity contribution in [2.45, 2.75) is 62.8 Å². The minimum absolute atomic E-state index is 0.00376. The van der Waals surface area contributed by atoms with E-state index in [0.717, 1.165) is 73.8 Å². The van der Waals surface area contributed by atoms with E-state index in [0.29, 0.717) is 66.1 Å². The number of methoxy groups -OCH3 is 2. The maximum atomic E-state index is 13.2. The molecule has 0 aliphatic carbocycles. The summed E-state index contributed by atoms with van der Waals surface area (Å²) in [4.78, 5) is 52.7. The molecule has 6 aromatic carbocycles. The molecule has 4 aliphatic rings. The number of likely N-dealkylation sites (tertiary alicyclic amines) is 1. The number of carbonyl (C=O) groups excluding carboxylic acids is 2. The average Bonchev–Trinajstić information content (AvgIpc) is 4.06. The Kier molecular flexibility index (Phi) is 16.7. The summed E-state index contributed by atoms with van der Waals surface area (Å²) < 4.78 is 10.9. The number of nitro groups is 2. The fourth-order valence-electron chi connectivity index (χ4n) is 9.99. The Labute approximate surface area is 419 Å². The molecule has 0 atom stereocenters. The van der Waals surface area contributed by atoms with Gasteiger partial charge in [-0.15, -0.1) is 11.6 Å². The van der Waals surface area contributed by atoms with Gasteiger partial charge in [0.05, 0.1) is 35.4 Å². The predicted molar refractivity (Wildman–Crippen MR) is 277 cm³/mol. The van der Waals surface area contributed by atoms with Crippen molar-refractivity contribution in [3.63, 3.8) is 0 Å². The maximum absolute atomic E-state index is 13.2. The number of benzene rings is 6. The topological polar surface area (TPSA) is 161 Å². The molecule has 14 nitrogen and oxygen atoms in total. The fourth-order valence-corrected chi connectivity index (χ4v) is 10.2. The molecule has 1 N–H and O–H groups in total. The zero-order chi connectivity index (χ0) is 49.9. The number of para-hydroxylation sites is 2. The third-order valence-corrected chi connectivity index (χ3v) is 14.2. The van der Waals surface area contributed by atoms with Gasteiger partial charge in [0.25, 0.3) is 23.2 Å². The number of amides is 2. The van der Waals surface area contributed by atoms with Gasteiger partial charge in [0.2, 0.25) is 0 Å². The number of fused-ring (bicyclic) bond motifs is 2. The highest BCUT2D eigenvalue weighted by molar-refractivity contribution is 6.17. The van der Waals surface area contributed by atoms with Crippen LogP contribution in [0, 0.1) is 20.2 Å². The number of nitrogens with zero attached hydrogens (tertiary/aromatic N) is 5. The summed E-state index contributed by atoms with van der Waals surface area (Å²) in [5.74, 6) is 3.33. The van der Waals surface area contributed by atoms with Crippen molar-refractivity contribution in [1.29, 1.82) is 0 Å². The summed E-state index contributed by atoms with van der Waals surface area (Å²) in [7, 11) is 3.48. The number of halogens is 1. The van der Waals surface area contributed by atoms with Crippen LogP contribution < -0.4 is 24.6 Å². The molecule has 2 amide bonds. The number of hydrogen-bond donors (Lipinski definition) is 1. The van der Waals surface area contributed by atoms with Crippen LogP contribution in [0.4, 0.5) is 22.7 Å². The van der Waals surface area contributed by atoms with E-state index in [9.17, 15) is 29.8 Å². The first-order valence-electron chi connectivity index (χ1n) is 24.2. The van der Waals surface area contributed by atoms with Crippen molar-refractivity contribution in [3.8, 4) is 11.5 Å². The average molecular weight is 980 g/mol. The van der Waals surface area contributed by atoms with Gasteiger partial charge in [-0.25, -0.2) is 0 Å². The second kappa shape index (κ2) is 23.7. The Morgan fingerprint density at radius 1 is 0.592 bits per heavy atom. The van der Waals surface area contributed by atoms with E-state index in [2.05, 4.69) is 40.5 Å². The molecular formula is C56H59ClN6O8. The molecule has 0 unspecified atom stereocenters. The predicted octanol–water partition coefficient (Wildman–Crippen LogP) is 10.9. The van der Waals surface area contributed by atoms with Crippen molar-refractivity contribution < 1.29 is 28.9 Å². The summed E-state index contributed by atoms with van der Waals surface area (Å²) in [5, 5.41) is 25.4. The number of ether oxygens (including phenoxy) is 2. The van der Waals surface area contributed by atoms with E-state index >= 15 is 0 Å². The minimum atomic E-state index is -0.448. The molecule has 0 aromatic heterocycles. The van der Waals surface area contributed by atoms with E-state index in [1.165, 1.54) is 53.8 Å². The number of piperidine rings is 2. The van der Waals surface area contributed by atoms with Crippen LogP contribution in [0.5, 0.6) is 11.5 Å². The summed E-state index contributed by atoms with van der Waals surface area (Å²) >= 11 is 5.74. The van der Waals surface area contributed by atoms with Gasteiger partial charge in [-0.2, -0.15) is 0 Å². The fraction of sp³-hybridized carbons (Fsp3) is 0.321. The van der Waals surface area contributed by atoms with E-state index in [1.807, 2.05) is 54.6 Å². The largest absolute Gasteiger partial charge is 0.496 e. The third-order valence-electron chi connectivity index (χ3n) is 13.9. The summed E-state index contributed by atoms with van der Waals surface area (Å²) in [6.45, 7) is 6.22. The van der Waals surface area contributed by atoms with Gasteiger partial charge < -0.3 is 24.6 Å². The van der Waals surface area contributed by atoms with Crippen molar-refractivity contribution in [1.82, 2.24) is 10.2 Å². The molecule has 4 aliphatic heterocycles. The molecule has 71 heavy (non-hydrogen) atoms. The van der Waals surface area contributed by atoms with Crippen LogP contribution in [0.15, 0.2) is 133 Å². The van der Waals surface area contributed by atoms with Crippen molar-refractivity contribution >= 4 is 46.2 Å². The van der Waals surface area contributed by atoms with Gasteiger partial charge in [-0.05, 0) is 146 Å². The lowest BCUT2D eigenvalue weighted by molar-refractivity contribution is -0.385. The van der Waals surface area contributed by atoms with Crippen LogP contribution in [0.3, 0.4) is 0 Å².